The van der Waals surface area contributed by atoms with Gasteiger partial charge in [-0.3, -0.25) is 5.41 Å². The average molecular weight is 362 g/mol. The van der Waals surface area contributed by atoms with Crippen LogP contribution in [0.15, 0.2) is 23.4 Å². The summed E-state index contributed by atoms with van der Waals surface area (Å²) in [5.41, 5.74) is 7.52. The summed E-state index contributed by atoms with van der Waals surface area (Å²) >= 11 is 0. The van der Waals surface area contributed by atoms with Crippen molar-refractivity contribution in [2.75, 3.05) is 25.1 Å². The van der Waals surface area contributed by atoms with Crippen molar-refractivity contribution in [1.82, 2.24) is 4.98 Å². The molecule has 6 nitrogen and oxygen atoms in total. The Morgan fingerprint density at radius 2 is 2.19 bits per heavy atom. The smallest absolute Gasteiger partial charge is 0.215 e. The molecule has 0 radical (unpaired) electrons. The molecule has 0 spiro atoms. The number of aliphatic hydroxyl groups is 1. The van der Waals surface area contributed by atoms with Gasteiger partial charge in [0.2, 0.25) is 5.95 Å². The zero-order valence-electron chi connectivity index (χ0n) is 15.4. The van der Waals surface area contributed by atoms with Crippen molar-refractivity contribution in [1.29, 1.82) is 5.41 Å². The molecule has 142 valence electrons. The molecule has 1 aromatic rings. The first-order chi connectivity index (χ1) is 12.2. The van der Waals surface area contributed by atoms with Gasteiger partial charge in [0.15, 0.2) is 0 Å². The van der Waals surface area contributed by atoms with Crippen LogP contribution >= 0.6 is 0 Å². The van der Waals surface area contributed by atoms with Gasteiger partial charge in [-0.2, -0.15) is 4.39 Å². The van der Waals surface area contributed by atoms with E-state index in [0.29, 0.717) is 36.5 Å². The van der Waals surface area contributed by atoms with Gasteiger partial charge in [0, 0.05) is 36.9 Å². The van der Waals surface area contributed by atoms with E-state index in [2.05, 4.69) is 24.1 Å². The first-order valence-corrected chi connectivity index (χ1v) is 8.96. The van der Waals surface area contributed by atoms with E-state index in [4.69, 9.17) is 15.9 Å². The number of rotatable bonds is 5. The van der Waals surface area contributed by atoms with Gasteiger partial charge in [-0.15, -0.1) is 0 Å². The summed E-state index contributed by atoms with van der Waals surface area (Å²) in [5, 5.41) is 21.8. The molecule has 3 rings (SSSR count). The molecular formula is C19H27FN4O2. The Kier molecular flexibility index (Phi) is 5.03. The second-order valence-electron chi connectivity index (χ2n) is 8.16. The largest absolute Gasteiger partial charge is 0.402 e. The van der Waals surface area contributed by atoms with Gasteiger partial charge in [-0.05, 0) is 36.3 Å². The van der Waals surface area contributed by atoms with Crippen molar-refractivity contribution in [2.45, 2.75) is 45.1 Å². The topological polar surface area (TPSA) is 104 Å². The lowest BCUT2D eigenvalue weighted by atomic mass is 9.75. The third kappa shape index (κ3) is 4.22. The second kappa shape index (κ2) is 6.96. The third-order valence-corrected chi connectivity index (χ3v) is 5.17. The lowest BCUT2D eigenvalue weighted by molar-refractivity contribution is 0.0381. The summed E-state index contributed by atoms with van der Waals surface area (Å²) in [6, 6.07) is 2.88. The first-order valence-electron chi connectivity index (χ1n) is 8.96. The Morgan fingerprint density at radius 3 is 2.85 bits per heavy atom. The fourth-order valence-electron chi connectivity index (χ4n) is 3.52. The van der Waals surface area contributed by atoms with Crippen molar-refractivity contribution in [3.8, 4) is 0 Å². The van der Waals surface area contributed by atoms with Crippen LogP contribution in [0.25, 0.3) is 0 Å². The van der Waals surface area contributed by atoms with E-state index >= 15 is 0 Å². The fraction of sp³-hybridized carbons (Fsp3) is 0.579. The number of halogens is 1. The highest BCUT2D eigenvalue weighted by molar-refractivity contribution is 6.11. The molecule has 2 heterocycles. The molecule has 1 aliphatic heterocycles. The zero-order chi connectivity index (χ0) is 18.9. The van der Waals surface area contributed by atoms with Crippen molar-refractivity contribution in [3.05, 3.63) is 34.9 Å². The van der Waals surface area contributed by atoms with Crippen LogP contribution in [0, 0.1) is 16.8 Å². The normalized spacial score (nSPS) is 25.4. The van der Waals surface area contributed by atoms with E-state index in [-0.39, 0.29) is 24.3 Å². The molecule has 1 saturated heterocycles. The molecule has 0 saturated carbocycles. The highest BCUT2D eigenvalue weighted by Crippen LogP contribution is 2.37. The molecule has 0 bridgehead atoms. The average Bonchev–Trinajstić information content (AvgIpc) is 2.98. The minimum atomic E-state index is -0.969. The third-order valence-electron chi connectivity index (χ3n) is 5.17. The van der Waals surface area contributed by atoms with E-state index in [1.54, 1.807) is 6.07 Å². The minimum absolute atomic E-state index is 0.128. The van der Waals surface area contributed by atoms with Gasteiger partial charge >= 0.3 is 0 Å². The summed E-state index contributed by atoms with van der Waals surface area (Å²) in [5.74, 6) is -0.375. The van der Waals surface area contributed by atoms with Crippen LogP contribution in [-0.4, -0.2) is 41.2 Å². The molecule has 1 atom stereocenters. The Hall–Kier alpha value is -1.99. The number of hydrogen-bond acceptors (Lipinski definition) is 6. The van der Waals surface area contributed by atoms with Gasteiger partial charge in [0.25, 0.3) is 0 Å². The molecule has 1 fully saturated rings. The monoisotopic (exact) mass is 362 g/mol. The number of anilines is 1. The van der Waals surface area contributed by atoms with Crippen LogP contribution in [0.1, 0.15) is 45.1 Å². The van der Waals surface area contributed by atoms with Crippen LogP contribution in [0.5, 0.6) is 0 Å². The predicted octanol–water partition coefficient (Wildman–Crippen LogP) is 2.57. The lowest BCUT2D eigenvalue weighted by Crippen LogP contribution is -2.37. The molecule has 1 aliphatic carbocycles. The second-order valence-corrected chi connectivity index (χ2v) is 8.16. The van der Waals surface area contributed by atoms with E-state index in [1.165, 1.54) is 6.07 Å². The maximum Gasteiger partial charge on any atom is 0.215 e. The summed E-state index contributed by atoms with van der Waals surface area (Å²) in [6.45, 7) is 5.29. The number of nitrogens with one attached hydrogen (secondary N) is 2. The minimum Gasteiger partial charge on any atom is -0.402 e. The van der Waals surface area contributed by atoms with Gasteiger partial charge < -0.3 is 20.9 Å². The number of aromatic nitrogens is 1. The zero-order valence-corrected chi connectivity index (χ0v) is 15.4. The summed E-state index contributed by atoms with van der Waals surface area (Å²) in [7, 11) is 0. The lowest BCUT2D eigenvalue weighted by Gasteiger charge is -2.31. The molecule has 1 aromatic heterocycles. The number of hydrogen-bond donors (Lipinski definition) is 4. The molecule has 0 amide bonds. The summed E-state index contributed by atoms with van der Waals surface area (Å²) in [6.07, 6.45) is 2.91. The quantitative estimate of drug-likeness (QED) is 0.476. The van der Waals surface area contributed by atoms with Crippen LogP contribution in [-0.2, 0) is 4.74 Å². The number of allylic oxidation sites excluding steroid dienone is 2. The molecule has 26 heavy (non-hydrogen) atoms. The Labute approximate surface area is 153 Å². The maximum atomic E-state index is 14.0. The molecule has 1 unspecified atom stereocenters. The molecule has 0 aromatic carbocycles. The molecule has 2 aliphatic rings. The first kappa shape index (κ1) is 18.8. The molecular weight excluding hydrogens is 335 g/mol. The van der Waals surface area contributed by atoms with E-state index in [0.717, 1.165) is 18.4 Å². The Morgan fingerprint density at radius 1 is 1.42 bits per heavy atom. The SMILES string of the molecule is CC1(C)CCC(C(=N)c2cc(F)nc(NCC3(O)CCOC3)c2)=C(N)C1. The van der Waals surface area contributed by atoms with Crippen LogP contribution in [0.2, 0.25) is 0 Å². The summed E-state index contributed by atoms with van der Waals surface area (Å²) in [4.78, 5) is 3.82. The van der Waals surface area contributed by atoms with Gasteiger partial charge in [-0.25, -0.2) is 4.98 Å². The highest BCUT2D eigenvalue weighted by Gasteiger charge is 2.32. The highest BCUT2D eigenvalue weighted by atomic mass is 19.1. The van der Waals surface area contributed by atoms with Gasteiger partial charge in [0.05, 0.1) is 12.3 Å². The van der Waals surface area contributed by atoms with Crippen LogP contribution in [0.4, 0.5) is 10.2 Å². The van der Waals surface area contributed by atoms with Gasteiger partial charge in [-0.1, -0.05) is 13.8 Å². The van der Waals surface area contributed by atoms with Crippen LogP contribution < -0.4 is 11.1 Å². The number of pyridine rings is 1. The summed E-state index contributed by atoms with van der Waals surface area (Å²) < 4.78 is 19.2. The number of nitrogens with two attached hydrogens (primary N) is 1. The fourth-order valence-corrected chi connectivity index (χ4v) is 3.52. The number of ether oxygens (including phenoxy) is 1. The van der Waals surface area contributed by atoms with E-state index in [9.17, 15) is 9.50 Å². The maximum absolute atomic E-state index is 14.0. The number of nitrogens with zero attached hydrogens (tertiary/aromatic N) is 1. The predicted molar refractivity (Wildman–Crippen MR) is 98.7 cm³/mol. The van der Waals surface area contributed by atoms with E-state index in [1.807, 2.05) is 0 Å². The van der Waals surface area contributed by atoms with E-state index < -0.39 is 11.5 Å². The Bertz CT molecular complexity index is 739. The molecule has 5 N–H and O–H groups in total. The van der Waals surface area contributed by atoms with Crippen molar-refractivity contribution in [2.24, 2.45) is 11.1 Å². The van der Waals surface area contributed by atoms with Gasteiger partial charge in [0.1, 0.15) is 11.4 Å². The van der Waals surface area contributed by atoms with Crippen molar-refractivity contribution in [3.63, 3.8) is 0 Å². The Balaban J connectivity index is 1.78. The van der Waals surface area contributed by atoms with Crippen molar-refractivity contribution < 1.29 is 14.2 Å². The molecule has 7 heteroatoms. The van der Waals surface area contributed by atoms with Crippen LogP contribution in [0.3, 0.4) is 0 Å². The standard InChI is InChI=1S/C19H27FN4O2/c1-18(2)4-3-13(14(21)9-18)17(22)12-7-15(20)24-16(8-12)23-10-19(25)5-6-26-11-19/h7-8,22,25H,3-6,9-11,21H2,1-2H3,(H,23,24). The van der Waals surface area contributed by atoms with Crippen molar-refractivity contribution >= 4 is 11.5 Å².